The van der Waals surface area contributed by atoms with Gasteiger partial charge < -0.3 is 0 Å². The Labute approximate surface area is 113 Å². The molecular formula is C13H17NO2S2. The van der Waals surface area contributed by atoms with Crippen molar-refractivity contribution >= 4 is 21.6 Å². The minimum absolute atomic E-state index is 0.149. The summed E-state index contributed by atoms with van der Waals surface area (Å²) in [6, 6.07) is 8.05. The molecule has 98 valence electrons. The van der Waals surface area contributed by atoms with E-state index in [0.29, 0.717) is 22.1 Å². The Morgan fingerprint density at radius 2 is 1.89 bits per heavy atom. The van der Waals surface area contributed by atoms with Gasteiger partial charge in [-0.25, -0.2) is 8.42 Å². The molecule has 0 aliphatic heterocycles. The molecule has 0 amide bonds. The molecule has 0 saturated heterocycles. The minimum Gasteiger partial charge on any atom is -0.224 e. The van der Waals surface area contributed by atoms with Crippen molar-refractivity contribution in [1.29, 1.82) is 5.26 Å². The molecule has 0 atom stereocenters. The summed E-state index contributed by atoms with van der Waals surface area (Å²) in [7, 11) is -3.21. The number of rotatable bonds is 6. The molecule has 0 radical (unpaired) electrons. The maximum Gasteiger partial charge on any atom is 0.179 e. The Morgan fingerprint density at radius 3 is 2.39 bits per heavy atom. The van der Waals surface area contributed by atoms with Crippen LogP contribution in [0.15, 0.2) is 29.2 Å². The Bertz CT molecular complexity index is 513. The van der Waals surface area contributed by atoms with Crippen LogP contribution in [0.3, 0.4) is 0 Å². The lowest BCUT2D eigenvalue weighted by atomic mass is 10.2. The molecule has 0 aromatic heterocycles. The molecule has 0 heterocycles. The maximum atomic E-state index is 12.0. The van der Waals surface area contributed by atoms with E-state index in [2.05, 4.69) is 13.8 Å². The van der Waals surface area contributed by atoms with Gasteiger partial charge in [0.2, 0.25) is 0 Å². The fraction of sp³-hybridized carbons (Fsp3) is 0.462. The SMILES string of the molecule is CC(C)CSCCS(=O)(=O)c1ccc(C#N)cc1. The third kappa shape index (κ3) is 4.71. The molecule has 0 aliphatic rings. The molecule has 1 aromatic carbocycles. The van der Waals surface area contributed by atoms with Crippen LogP contribution in [0.25, 0.3) is 0 Å². The Morgan fingerprint density at radius 1 is 1.28 bits per heavy atom. The van der Waals surface area contributed by atoms with Crippen molar-refractivity contribution in [2.24, 2.45) is 5.92 Å². The predicted molar refractivity (Wildman–Crippen MR) is 75.4 cm³/mol. The monoisotopic (exact) mass is 283 g/mol. The summed E-state index contributed by atoms with van der Waals surface area (Å²) in [5.74, 6) is 2.31. The summed E-state index contributed by atoms with van der Waals surface area (Å²) in [6.07, 6.45) is 0. The lowest BCUT2D eigenvalue weighted by molar-refractivity contribution is 0.597. The van der Waals surface area contributed by atoms with Crippen molar-refractivity contribution in [2.45, 2.75) is 18.7 Å². The average molecular weight is 283 g/mol. The van der Waals surface area contributed by atoms with Gasteiger partial charge in [-0.05, 0) is 35.9 Å². The van der Waals surface area contributed by atoms with Crippen molar-refractivity contribution in [1.82, 2.24) is 0 Å². The zero-order valence-corrected chi connectivity index (χ0v) is 12.2. The molecule has 0 N–H and O–H groups in total. The quantitative estimate of drug-likeness (QED) is 0.753. The van der Waals surface area contributed by atoms with Crippen LogP contribution in [0, 0.1) is 17.2 Å². The van der Waals surface area contributed by atoms with Crippen molar-refractivity contribution in [3.8, 4) is 6.07 Å². The zero-order valence-electron chi connectivity index (χ0n) is 10.6. The first kappa shape index (κ1) is 15.1. The van der Waals surface area contributed by atoms with Gasteiger partial charge in [0, 0.05) is 5.75 Å². The number of benzene rings is 1. The molecule has 0 bridgehead atoms. The van der Waals surface area contributed by atoms with Crippen molar-refractivity contribution in [2.75, 3.05) is 17.3 Å². The lowest BCUT2D eigenvalue weighted by Gasteiger charge is -2.06. The summed E-state index contributed by atoms with van der Waals surface area (Å²) >= 11 is 1.66. The Balaban J connectivity index is 2.60. The molecule has 18 heavy (non-hydrogen) atoms. The van der Waals surface area contributed by atoms with E-state index in [1.54, 1.807) is 11.8 Å². The maximum absolute atomic E-state index is 12.0. The third-order valence-corrected chi connectivity index (χ3v) is 5.68. The topological polar surface area (TPSA) is 57.9 Å². The summed E-state index contributed by atoms with van der Waals surface area (Å²) in [5, 5.41) is 8.65. The molecular weight excluding hydrogens is 266 g/mol. The van der Waals surface area contributed by atoms with E-state index in [1.807, 2.05) is 6.07 Å². The van der Waals surface area contributed by atoms with Crippen LogP contribution in [0.5, 0.6) is 0 Å². The van der Waals surface area contributed by atoms with Crippen molar-refractivity contribution < 1.29 is 8.42 Å². The summed E-state index contributed by atoms with van der Waals surface area (Å²) in [6.45, 7) is 4.23. The molecule has 0 spiro atoms. The number of hydrogen-bond donors (Lipinski definition) is 0. The van der Waals surface area contributed by atoms with Crippen LogP contribution in [-0.2, 0) is 9.84 Å². The van der Waals surface area contributed by atoms with Crippen LogP contribution < -0.4 is 0 Å². The molecule has 1 rings (SSSR count). The highest BCUT2D eigenvalue weighted by Crippen LogP contribution is 2.15. The van der Waals surface area contributed by atoms with Crippen molar-refractivity contribution in [3.05, 3.63) is 29.8 Å². The van der Waals surface area contributed by atoms with E-state index in [-0.39, 0.29) is 5.75 Å². The molecule has 0 aliphatic carbocycles. The first-order chi connectivity index (χ1) is 8.45. The van der Waals surface area contributed by atoms with Gasteiger partial charge in [0.25, 0.3) is 0 Å². The van der Waals surface area contributed by atoms with E-state index in [0.717, 1.165) is 5.75 Å². The number of thioether (sulfide) groups is 1. The van der Waals surface area contributed by atoms with Gasteiger partial charge in [0.1, 0.15) is 0 Å². The summed E-state index contributed by atoms with van der Waals surface area (Å²) in [5.41, 5.74) is 0.475. The molecule has 0 unspecified atom stereocenters. The molecule has 3 nitrogen and oxygen atoms in total. The fourth-order valence-electron chi connectivity index (χ4n) is 1.34. The molecule has 5 heteroatoms. The standard InChI is InChI=1S/C13H17NO2S2/c1-11(2)10-17-7-8-18(15,16)13-5-3-12(9-14)4-6-13/h3-6,11H,7-8,10H2,1-2H3. The highest BCUT2D eigenvalue weighted by atomic mass is 32.2. The number of nitrogens with zero attached hydrogens (tertiary/aromatic N) is 1. The lowest BCUT2D eigenvalue weighted by Crippen LogP contribution is -2.09. The second-order valence-electron chi connectivity index (χ2n) is 4.42. The van der Waals surface area contributed by atoms with Gasteiger partial charge in [-0.15, -0.1) is 0 Å². The van der Waals surface area contributed by atoms with Crippen LogP contribution in [0.2, 0.25) is 0 Å². The Kier molecular flexibility index (Phi) is 5.70. The first-order valence-electron chi connectivity index (χ1n) is 5.76. The van der Waals surface area contributed by atoms with Crippen LogP contribution in [0.4, 0.5) is 0 Å². The van der Waals surface area contributed by atoms with Crippen LogP contribution >= 0.6 is 11.8 Å². The average Bonchev–Trinajstić information content (AvgIpc) is 2.34. The minimum atomic E-state index is -3.21. The zero-order chi connectivity index (χ0) is 13.6. The highest BCUT2D eigenvalue weighted by molar-refractivity contribution is 8.00. The number of nitriles is 1. The highest BCUT2D eigenvalue weighted by Gasteiger charge is 2.13. The summed E-state index contributed by atoms with van der Waals surface area (Å²) < 4.78 is 24.0. The summed E-state index contributed by atoms with van der Waals surface area (Å²) in [4.78, 5) is 0.298. The van der Waals surface area contributed by atoms with Crippen LogP contribution in [0.1, 0.15) is 19.4 Å². The fourth-order valence-corrected chi connectivity index (χ4v) is 4.12. The van der Waals surface area contributed by atoms with E-state index >= 15 is 0 Å². The number of hydrogen-bond acceptors (Lipinski definition) is 4. The van der Waals surface area contributed by atoms with Crippen LogP contribution in [-0.4, -0.2) is 25.7 Å². The van der Waals surface area contributed by atoms with E-state index in [9.17, 15) is 8.42 Å². The van der Waals surface area contributed by atoms with E-state index < -0.39 is 9.84 Å². The van der Waals surface area contributed by atoms with Gasteiger partial charge in [-0.1, -0.05) is 13.8 Å². The van der Waals surface area contributed by atoms with Gasteiger partial charge in [-0.2, -0.15) is 17.0 Å². The second kappa shape index (κ2) is 6.81. The Hall–Kier alpha value is -0.990. The normalized spacial score (nSPS) is 11.4. The predicted octanol–water partition coefficient (Wildman–Crippen LogP) is 2.72. The van der Waals surface area contributed by atoms with Gasteiger partial charge >= 0.3 is 0 Å². The molecule has 0 fully saturated rings. The van der Waals surface area contributed by atoms with Gasteiger partial charge in [0.15, 0.2) is 9.84 Å². The molecule has 0 saturated carbocycles. The van der Waals surface area contributed by atoms with E-state index in [1.165, 1.54) is 24.3 Å². The largest absolute Gasteiger partial charge is 0.224 e. The first-order valence-corrected chi connectivity index (χ1v) is 8.57. The second-order valence-corrected chi connectivity index (χ2v) is 7.68. The van der Waals surface area contributed by atoms with Crippen molar-refractivity contribution in [3.63, 3.8) is 0 Å². The molecule has 1 aromatic rings. The van der Waals surface area contributed by atoms with Gasteiger partial charge in [0.05, 0.1) is 22.3 Å². The number of sulfone groups is 1. The van der Waals surface area contributed by atoms with Gasteiger partial charge in [-0.3, -0.25) is 0 Å². The third-order valence-electron chi connectivity index (χ3n) is 2.29. The smallest absolute Gasteiger partial charge is 0.179 e. The van der Waals surface area contributed by atoms with E-state index in [4.69, 9.17) is 5.26 Å².